The van der Waals surface area contributed by atoms with Crippen LogP contribution < -0.4 is 4.74 Å². The number of methoxy groups -OCH3 is 1. The smallest absolute Gasteiger partial charge is 0.408 e. The third-order valence-corrected chi connectivity index (χ3v) is 6.34. The fourth-order valence-corrected chi connectivity index (χ4v) is 5.57. The van der Waals surface area contributed by atoms with E-state index in [4.69, 9.17) is 4.74 Å². The second kappa shape index (κ2) is 4.64. The number of nitrogens with zero attached hydrogens (tertiary/aromatic N) is 1. The number of amides is 1. The molecule has 0 spiro atoms. The van der Waals surface area contributed by atoms with Crippen molar-refractivity contribution < 1.29 is 14.6 Å². The monoisotopic (exact) mass is 301 g/mol. The van der Waals surface area contributed by atoms with Crippen molar-refractivity contribution in [1.29, 1.82) is 0 Å². The molecule has 1 aromatic carbocycles. The number of carbonyl (C=O) groups is 1. The summed E-state index contributed by atoms with van der Waals surface area (Å²) in [6, 6.07) is 6.27. The molecule has 2 aliphatic carbocycles. The molecular weight excluding hydrogens is 278 g/mol. The number of likely N-dealkylation sites (tertiary alicyclic amines) is 1. The molecule has 3 aliphatic rings. The first-order chi connectivity index (χ1) is 10.6. The summed E-state index contributed by atoms with van der Waals surface area (Å²) in [6.45, 7) is 0.660. The van der Waals surface area contributed by atoms with Crippen LogP contribution in [-0.4, -0.2) is 29.8 Å². The number of hydrogen-bond donors (Lipinski definition) is 1. The van der Waals surface area contributed by atoms with Crippen LogP contribution in [0.1, 0.15) is 49.7 Å². The van der Waals surface area contributed by atoms with Crippen LogP contribution in [0.25, 0.3) is 0 Å². The summed E-state index contributed by atoms with van der Waals surface area (Å²) >= 11 is 0. The second-order valence-electron chi connectivity index (χ2n) is 7.09. The van der Waals surface area contributed by atoms with Gasteiger partial charge in [-0.3, -0.25) is 4.90 Å². The first-order valence-electron chi connectivity index (χ1n) is 8.31. The van der Waals surface area contributed by atoms with Gasteiger partial charge in [-0.15, -0.1) is 0 Å². The van der Waals surface area contributed by atoms with E-state index in [1.807, 2.05) is 6.07 Å². The van der Waals surface area contributed by atoms with E-state index in [1.54, 1.807) is 12.0 Å². The normalized spacial score (nSPS) is 32.9. The lowest BCUT2D eigenvalue weighted by atomic mass is 9.57. The molecule has 1 aromatic rings. The van der Waals surface area contributed by atoms with Crippen molar-refractivity contribution in [2.75, 3.05) is 13.7 Å². The maximum atomic E-state index is 12.0. The molecule has 1 N–H and O–H groups in total. The lowest BCUT2D eigenvalue weighted by Crippen LogP contribution is -2.61. The molecule has 1 saturated heterocycles. The average Bonchev–Trinajstić information content (AvgIpc) is 2.84. The summed E-state index contributed by atoms with van der Waals surface area (Å²) in [5.74, 6) is 0.838. The molecule has 0 bridgehead atoms. The second-order valence-corrected chi connectivity index (χ2v) is 7.09. The molecule has 2 fully saturated rings. The first-order valence-corrected chi connectivity index (χ1v) is 8.31. The summed E-state index contributed by atoms with van der Waals surface area (Å²) in [5, 5.41) is 9.86. The predicted molar refractivity (Wildman–Crippen MR) is 83.2 cm³/mol. The zero-order valence-corrected chi connectivity index (χ0v) is 13.1. The van der Waals surface area contributed by atoms with Crippen LogP contribution in [0.2, 0.25) is 0 Å². The maximum absolute atomic E-state index is 12.0. The number of piperidine rings is 1. The zero-order chi connectivity index (χ0) is 15.4. The topological polar surface area (TPSA) is 49.8 Å². The summed E-state index contributed by atoms with van der Waals surface area (Å²) in [6.07, 6.45) is 6.83. The van der Waals surface area contributed by atoms with Gasteiger partial charge < -0.3 is 9.84 Å². The van der Waals surface area contributed by atoms with E-state index in [9.17, 15) is 9.90 Å². The van der Waals surface area contributed by atoms with Gasteiger partial charge in [0.05, 0.1) is 12.6 Å². The van der Waals surface area contributed by atoms with E-state index in [0.29, 0.717) is 6.54 Å². The minimum Gasteiger partial charge on any atom is -0.497 e. The molecular formula is C18H23NO3. The van der Waals surface area contributed by atoms with E-state index in [-0.39, 0.29) is 11.0 Å². The Bertz CT molecular complexity index is 625. The third kappa shape index (κ3) is 1.56. The molecule has 0 radical (unpaired) electrons. The molecule has 2 atom stereocenters. The van der Waals surface area contributed by atoms with E-state index in [0.717, 1.165) is 44.3 Å². The van der Waals surface area contributed by atoms with Crippen LogP contribution in [0.15, 0.2) is 18.2 Å². The van der Waals surface area contributed by atoms with Crippen LogP contribution in [0, 0.1) is 5.41 Å². The van der Waals surface area contributed by atoms with Crippen LogP contribution in [-0.2, 0) is 12.0 Å². The van der Waals surface area contributed by atoms with Crippen molar-refractivity contribution in [3.63, 3.8) is 0 Å². The van der Waals surface area contributed by atoms with Gasteiger partial charge in [0.2, 0.25) is 0 Å². The highest BCUT2D eigenvalue weighted by molar-refractivity contribution is 5.69. The van der Waals surface area contributed by atoms with E-state index < -0.39 is 6.09 Å². The van der Waals surface area contributed by atoms with Gasteiger partial charge in [0.15, 0.2) is 0 Å². The van der Waals surface area contributed by atoms with Crippen molar-refractivity contribution >= 4 is 6.09 Å². The largest absolute Gasteiger partial charge is 0.497 e. The Morgan fingerprint density at radius 1 is 1.23 bits per heavy atom. The van der Waals surface area contributed by atoms with Crippen molar-refractivity contribution in [3.8, 4) is 5.75 Å². The molecule has 1 saturated carbocycles. The van der Waals surface area contributed by atoms with Crippen LogP contribution >= 0.6 is 0 Å². The first kappa shape index (κ1) is 13.9. The summed E-state index contributed by atoms with van der Waals surface area (Å²) in [7, 11) is 1.68. The molecule has 1 heterocycles. The Kier molecular flexibility index (Phi) is 2.94. The number of rotatable bonds is 1. The number of benzene rings is 1. The van der Waals surface area contributed by atoms with Crippen LogP contribution in [0.3, 0.4) is 0 Å². The van der Waals surface area contributed by atoms with Crippen molar-refractivity contribution in [3.05, 3.63) is 29.3 Å². The van der Waals surface area contributed by atoms with Gasteiger partial charge >= 0.3 is 6.09 Å². The maximum Gasteiger partial charge on any atom is 0.408 e. The molecule has 4 nitrogen and oxygen atoms in total. The summed E-state index contributed by atoms with van der Waals surface area (Å²) < 4.78 is 5.42. The number of carboxylic acid groups (broad SMARTS) is 1. The minimum atomic E-state index is -0.762. The molecule has 0 aromatic heterocycles. The van der Waals surface area contributed by atoms with Gasteiger partial charge in [-0.05, 0) is 55.4 Å². The Morgan fingerprint density at radius 3 is 2.77 bits per heavy atom. The van der Waals surface area contributed by atoms with Gasteiger partial charge in [0, 0.05) is 12.0 Å². The summed E-state index contributed by atoms with van der Waals surface area (Å²) in [4.78, 5) is 13.8. The Morgan fingerprint density at radius 2 is 2.00 bits per heavy atom. The van der Waals surface area contributed by atoms with Gasteiger partial charge in [-0.1, -0.05) is 18.9 Å². The lowest BCUT2D eigenvalue weighted by molar-refractivity contribution is -0.0824. The Labute approximate surface area is 131 Å². The van der Waals surface area contributed by atoms with E-state index in [2.05, 4.69) is 12.1 Å². The van der Waals surface area contributed by atoms with Crippen LogP contribution in [0.4, 0.5) is 4.79 Å². The predicted octanol–water partition coefficient (Wildman–Crippen LogP) is 3.78. The van der Waals surface area contributed by atoms with Gasteiger partial charge in [0.1, 0.15) is 5.75 Å². The van der Waals surface area contributed by atoms with Crippen LogP contribution in [0.5, 0.6) is 5.75 Å². The fraction of sp³-hybridized carbons (Fsp3) is 0.611. The highest BCUT2D eigenvalue weighted by Gasteiger charge is 2.63. The SMILES string of the molecule is COc1ccc2c(c1)C13CCCCC1(CCCN3C(=O)O)C2. The molecule has 4 heteroatoms. The van der Waals surface area contributed by atoms with Crippen molar-refractivity contribution in [2.45, 2.75) is 50.5 Å². The number of fused-ring (bicyclic) bond motifs is 1. The highest BCUT2D eigenvalue weighted by atomic mass is 16.5. The standard InChI is InChI=1S/C18H23NO3/c1-22-14-6-5-13-12-17-7-2-3-9-18(17,15(13)11-14)19(16(20)21)10-4-8-17/h5-6,11H,2-4,7-10,12H2,1H3,(H,20,21). The molecule has 4 rings (SSSR count). The molecule has 22 heavy (non-hydrogen) atoms. The van der Waals surface area contributed by atoms with Gasteiger partial charge in [-0.2, -0.15) is 0 Å². The molecule has 1 amide bonds. The summed E-state index contributed by atoms with van der Waals surface area (Å²) in [5.41, 5.74) is 2.33. The Hall–Kier alpha value is -1.71. The Balaban J connectivity index is 1.95. The molecule has 1 aliphatic heterocycles. The van der Waals surface area contributed by atoms with Crippen molar-refractivity contribution in [2.24, 2.45) is 5.41 Å². The zero-order valence-electron chi connectivity index (χ0n) is 13.1. The fourth-order valence-electron chi connectivity index (χ4n) is 5.57. The number of ether oxygens (including phenoxy) is 1. The van der Waals surface area contributed by atoms with Gasteiger partial charge in [-0.25, -0.2) is 4.79 Å². The number of hydrogen-bond acceptors (Lipinski definition) is 2. The highest BCUT2D eigenvalue weighted by Crippen LogP contribution is 2.65. The third-order valence-electron chi connectivity index (χ3n) is 6.34. The van der Waals surface area contributed by atoms with Crippen molar-refractivity contribution in [1.82, 2.24) is 4.90 Å². The van der Waals surface area contributed by atoms with Gasteiger partial charge in [0.25, 0.3) is 0 Å². The lowest BCUT2D eigenvalue weighted by Gasteiger charge is -2.58. The quantitative estimate of drug-likeness (QED) is 0.858. The molecule has 118 valence electrons. The van der Waals surface area contributed by atoms with E-state index in [1.165, 1.54) is 17.5 Å². The van der Waals surface area contributed by atoms with E-state index >= 15 is 0 Å². The molecule has 2 unspecified atom stereocenters. The average molecular weight is 301 g/mol. The minimum absolute atomic E-state index is 0.108.